The standard InChI is InChI=1S/C23H24N6OS/c30-23-26-14-20(31-23)12-17-9-10-24-22(28-17)29-11-3-5-19(15-29)25-13-18-8-7-16-4-1-2-6-21(16)27-18/h1-2,4,6-10,12,19,25H,3,5,11,13-15H2,(H,26,30)/b20-12-/t19-/m0/s1. The lowest BCUT2D eigenvalue weighted by molar-refractivity contribution is 0.262. The SMILES string of the molecule is O=C1NC/C(=C/c2ccnc(N3CCC[C@H](NCc4ccc5ccccc5n4)C3)n2)S1. The van der Waals surface area contributed by atoms with E-state index >= 15 is 0 Å². The van der Waals surface area contributed by atoms with Crippen LogP contribution >= 0.6 is 11.8 Å². The number of benzene rings is 1. The summed E-state index contributed by atoms with van der Waals surface area (Å²) in [7, 11) is 0. The molecule has 0 radical (unpaired) electrons. The number of hydrogen-bond donors (Lipinski definition) is 2. The first-order valence-corrected chi connectivity index (χ1v) is 11.4. The molecule has 7 nitrogen and oxygen atoms in total. The van der Waals surface area contributed by atoms with Crippen molar-refractivity contribution < 1.29 is 4.79 Å². The number of nitrogens with one attached hydrogen (secondary N) is 2. The summed E-state index contributed by atoms with van der Waals surface area (Å²) in [6.07, 6.45) is 5.96. The lowest BCUT2D eigenvalue weighted by Crippen LogP contribution is -2.46. The Morgan fingerprint density at radius 2 is 2.13 bits per heavy atom. The fraction of sp³-hybridized carbons (Fsp3) is 0.304. The van der Waals surface area contributed by atoms with Crippen molar-refractivity contribution in [2.24, 2.45) is 0 Å². The Bertz CT molecular complexity index is 1130. The smallest absolute Gasteiger partial charge is 0.283 e. The minimum Gasteiger partial charge on any atom is -0.342 e. The zero-order valence-corrected chi connectivity index (χ0v) is 17.9. The van der Waals surface area contributed by atoms with Crippen molar-refractivity contribution in [3.05, 3.63) is 65.0 Å². The number of aromatic nitrogens is 3. The normalized spacial score (nSPS) is 20.4. The third kappa shape index (κ3) is 4.86. The van der Waals surface area contributed by atoms with E-state index in [4.69, 9.17) is 9.97 Å². The van der Waals surface area contributed by atoms with Crippen LogP contribution in [0.2, 0.25) is 0 Å². The highest BCUT2D eigenvalue weighted by Gasteiger charge is 2.22. The van der Waals surface area contributed by atoms with Crippen LogP contribution in [0.1, 0.15) is 24.2 Å². The maximum absolute atomic E-state index is 11.4. The minimum atomic E-state index is -0.00798. The lowest BCUT2D eigenvalue weighted by atomic mass is 10.1. The molecule has 1 atom stereocenters. The summed E-state index contributed by atoms with van der Waals surface area (Å²) in [5.41, 5.74) is 2.92. The van der Waals surface area contributed by atoms with Crippen molar-refractivity contribution >= 4 is 39.9 Å². The maximum atomic E-state index is 11.4. The molecule has 31 heavy (non-hydrogen) atoms. The Morgan fingerprint density at radius 3 is 3.03 bits per heavy atom. The molecule has 8 heteroatoms. The van der Waals surface area contributed by atoms with Crippen LogP contribution < -0.4 is 15.5 Å². The maximum Gasteiger partial charge on any atom is 0.283 e. The number of thioether (sulfide) groups is 1. The van der Waals surface area contributed by atoms with Gasteiger partial charge in [0.15, 0.2) is 0 Å². The Kier molecular flexibility index (Phi) is 5.82. The lowest BCUT2D eigenvalue weighted by Gasteiger charge is -2.33. The Labute approximate surface area is 185 Å². The molecule has 2 aliphatic heterocycles. The van der Waals surface area contributed by atoms with E-state index in [1.54, 1.807) is 6.20 Å². The predicted molar refractivity (Wildman–Crippen MR) is 125 cm³/mol. The first kappa shape index (κ1) is 20.0. The van der Waals surface area contributed by atoms with Gasteiger partial charge >= 0.3 is 0 Å². The van der Waals surface area contributed by atoms with E-state index in [0.29, 0.717) is 12.6 Å². The number of nitrogens with zero attached hydrogens (tertiary/aromatic N) is 4. The van der Waals surface area contributed by atoms with E-state index in [1.165, 1.54) is 17.1 Å². The average molecular weight is 433 g/mol. The van der Waals surface area contributed by atoms with Crippen molar-refractivity contribution in [2.75, 3.05) is 24.5 Å². The van der Waals surface area contributed by atoms with E-state index < -0.39 is 0 Å². The highest BCUT2D eigenvalue weighted by atomic mass is 32.2. The molecule has 1 aromatic carbocycles. The average Bonchev–Trinajstić information content (AvgIpc) is 3.22. The van der Waals surface area contributed by atoms with Gasteiger partial charge in [-0.2, -0.15) is 0 Å². The number of hydrogen-bond acceptors (Lipinski definition) is 7. The van der Waals surface area contributed by atoms with Gasteiger partial charge < -0.3 is 15.5 Å². The number of pyridine rings is 1. The minimum absolute atomic E-state index is 0.00798. The van der Waals surface area contributed by atoms with Crippen LogP contribution in [0, 0.1) is 0 Å². The topological polar surface area (TPSA) is 83.0 Å². The second kappa shape index (κ2) is 9.03. The molecule has 1 amide bonds. The zero-order chi connectivity index (χ0) is 21.0. The van der Waals surface area contributed by atoms with Crippen LogP contribution in [-0.4, -0.2) is 45.9 Å². The largest absolute Gasteiger partial charge is 0.342 e. The predicted octanol–water partition coefficient (Wildman–Crippen LogP) is 3.58. The van der Waals surface area contributed by atoms with Gasteiger partial charge in [-0.1, -0.05) is 24.3 Å². The monoisotopic (exact) mass is 432 g/mol. The van der Waals surface area contributed by atoms with E-state index in [-0.39, 0.29) is 5.24 Å². The van der Waals surface area contributed by atoms with Gasteiger partial charge in [0, 0.05) is 42.2 Å². The zero-order valence-electron chi connectivity index (χ0n) is 17.1. The summed E-state index contributed by atoms with van der Waals surface area (Å²) in [5, 5.41) is 7.62. The summed E-state index contributed by atoms with van der Waals surface area (Å²) in [6.45, 7) is 3.12. The highest BCUT2D eigenvalue weighted by molar-refractivity contribution is 8.17. The molecule has 2 saturated heterocycles. The fourth-order valence-corrected chi connectivity index (χ4v) is 4.68. The molecule has 2 aromatic heterocycles. The number of fused-ring (bicyclic) bond motifs is 1. The van der Waals surface area contributed by atoms with Gasteiger partial charge in [-0.3, -0.25) is 9.78 Å². The molecule has 0 spiro atoms. The van der Waals surface area contributed by atoms with Crippen molar-refractivity contribution in [3.63, 3.8) is 0 Å². The van der Waals surface area contributed by atoms with Crippen molar-refractivity contribution in [1.29, 1.82) is 0 Å². The summed E-state index contributed by atoms with van der Waals surface area (Å²) < 4.78 is 0. The summed E-state index contributed by atoms with van der Waals surface area (Å²) in [4.78, 5) is 28.6. The first-order chi connectivity index (χ1) is 15.2. The molecule has 4 heterocycles. The number of amides is 1. The van der Waals surface area contributed by atoms with E-state index in [0.717, 1.165) is 60.2 Å². The molecule has 2 fully saturated rings. The summed E-state index contributed by atoms with van der Waals surface area (Å²) >= 11 is 1.23. The van der Waals surface area contributed by atoms with Crippen LogP contribution in [0.3, 0.4) is 0 Å². The number of rotatable bonds is 5. The van der Waals surface area contributed by atoms with Gasteiger partial charge in [0.05, 0.1) is 23.4 Å². The molecule has 3 aromatic rings. The van der Waals surface area contributed by atoms with E-state index in [2.05, 4.69) is 44.8 Å². The molecular weight excluding hydrogens is 408 g/mol. The molecule has 0 aliphatic carbocycles. The van der Waals surface area contributed by atoms with Gasteiger partial charge in [0.2, 0.25) is 5.95 Å². The molecule has 158 valence electrons. The molecule has 2 N–H and O–H groups in total. The Morgan fingerprint density at radius 1 is 1.19 bits per heavy atom. The molecule has 0 bridgehead atoms. The van der Waals surface area contributed by atoms with Crippen molar-refractivity contribution in [1.82, 2.24) is 25.6 Å². The van der Waals surface area contributed by atoms with E-state index in [1.807, 2.05) is 24.3 Å². The highest BCUT2D eigenvalue weighted by Crippen LogP contribution is 2.24. The van der Waals surface area contributed by atoms with Gasteiger partial charge in [-0.25, -0.2) is 9.97 Å². The third-order valence-electron chi connectivity index (χ3n) is 5.54. The summed E-state index contributed by atoms with van der Waals surface area (Å²) in [6, 6.07) is 14.7. The van der Waals surface area contributed by atoms with Crippen LogP contribution in [0.15, 0.2) is 53.6 Å². The number of para-hydroxylation sites is 1. The molecular formula is C23H24N6OS. The fourth-order valence-electron chi connectivity index (χ4n) is 3.97. The van der Waals surface area contributed by atoms with Crippen LogP contribution in [0.5, 0.6) is 0 Å². The molecule has 0 saturated carbocycles. The Balaban J connectivity index is 1.23. The number of carbonyl (C=O) groups is 1. The third-order valence-corrected chi connectivity index (χ3v) is 6.39. The second-order valence-electron chi connectivity index (χ2n) is 7.80. The van der Waals surface area contributed by atoms with E-state index in [9.17, 15) is 4.79 Å². The van der Waals surface area contributed by atoms with Crippen LogP contribution in [0.4, 0.5) is 10.7 Å². The number of anilines is 1. The van der Waals surface area contributed by atoms with Gasteiger partial charge in [0.1, 0.15) is 0 Å². The molecule has 2 aliphatic rings. The summed E-state index contributed by atoms with van der Waals surface area (Å²) in [5.74, 6) is 0.743. The Hall–Kier alpha value is -2.97. The second-order valence-corrected chi connectivity index (χ2v) is 8.90. The van der Waals surface area contributed by atoms with Gasteiger partial charge in [0.25, 0.3) is 5.24 Å². The van der Waals surface area contributed by atoms with Gasteiger partial charge in [-0.15, -0.1) is 0 Å². The van der Waals surface area contributed by atoms with Gasteiger partial charge in [-0.05, 0) is 48.9 Å². The van der Waals surface area contributed by atoms with Crippen molar-refractivity contribution in [2.45, 2.75) is 25.4 Å². The number of piperidine rings is 1. The molecule has 5 rings (SSSR count). The van der Waals surface area contributed by atoms with Crippen LogP contribution in [-0.2, 0) is 6.54 Å². The quantitative estimate of drug-likeness (QED) is 0.638. The van der Waals surface area contributed by atoms with Crippen LogP contribution in [0.25, 0.3) is 17.0 Å². The first-order valence-electron chi connectivity index (χ1n) is 10.6. The van der Waals surface area contributed by atoms with Crippen molar-refractivity contribution in [3.8, 4) is 0 Å². The number of carbonyl (C=O) groups excluding carboxylic acids is 1. The molecule has 0 unspecified atom stereocenters.